The molecular weight excluding hydrogens is 230 g/mol. The molecule has 1 aromatic rings. The Hall–Kier alpha value is -1.56. The summed E-state index contributed by atoms with van der Waals surface area (Å²) in [5.74, 6) is -1.79. The molecule has 1 atom stereocenters. The van der Waals surface area contributed by atoms with E-state index in [1.807, 2.05) is 0 Å². The minimum atomic E-state index is -0.975. The molecular formula is C11H12F2N2O2. The summed E-state index contributed by atoms with van der Waals surface area (Å²) in [7, 11) is 0. The standard InChI is InChI=1S/C11H12F2N2O2/c12-9-5-11(15(16)17)10(13)4-8(9)7-2-1-3-14-6-7/h4-5,7,14H,1-3,6H2. The Morgan fingerprint density at radius 3 is 2.71 bits per heavy atom. The molecule has 0 spiro atoms. The van der Waals surface area contributed by atoms with Crippen LogP contribution in [-0.4, -0.2) is 18.0 Å². The van der Waals surface area contributed by atoms with Crippen LogP contribution in [0.3, 0.4) is 0 Å². The summed E-state index contributed by atoms with van der Waals surface area (Å²) in [6, 6.07) is 1.62. The van der Waals surface area contributed by atoms with Gasteiger partial charge in [0.25, 0.3) is 0 Å². The minimum absolute atomic E-state index is 0.112. The van der Waals surface area contributed by atoms with Gasteiger partial charge in [-0.25, -0.2) is 4.39 Å². The summed E-state index contributed by atoms with van der Waals surface area (Å²) in [4.78, 5) is 9.53. The van der Waals surface area contributed by atoms with Crippen molar-refractivity contribution in [2.45, 2.75) is 18.8 Å². The number of hydrogen-bond acceptors (Lipinski definition) is 3. The molecule has 1 saturated heterocycles. The molecule has 4 nitrogen and oxygen atoms in total. The quantitative estimate of drug-likeness (QED) is 0.639. The van der Waals surface area contributed by atoms with Crippen LogP contribution in [0, 0.1) is 21.7 Å². The molecule has 1 fully saturated rings. The van der Waals surface area contributed by atoms with Gasteiger partial charge in [0, 0.05) is 6.54 Å². The second kappa shape index (κ2) is 4.75. The van der Waals surface area contributed by atoms with Gasteiger partial charge in [-0.2, -0.15) is 4.39 Å². The van der Waals surface area contributed by atoms with Gasteiger partial charge >= 0.3 is 5.69 Å². The Labute approximate surface area is 96.8 Å². The van der Waals surface area contributed by atoms with Gasteiger partial charge in [-0.05, 0) is 36.9 Å². The molecule has 6 heteroatoms. The van der Waals surface area contributed by atoms with Crippen LogP contribution in [-0.2, 0) is 0 Å². The molecule has 0 amide bonds. The van der Waals surface area contributed by atoms with Gasteiger partial charge in [-0.1, -0.05) is 0 Å². The molecule has 0 saturated carbocycles. The van der Waals surface area contributed by atoms with E-state index in [1.54, 1.807) is 0 Å². The first kappa shape index (κ1) is 11.9. The van der Waals surface area contributed by atoms with Crippen molar-refractivity contribution in [3.05, 3.63) is 39.4 Å². The Morgan fingerprint density at radius 2 is 2.12 bits per heavy atom. The molecule has 1 aliphatic heterocycles. The van der Waals surface area contributed by atoms with E-state index in [0.717, 1.165) is 25.5 Å². The van der Waals surface area contributed by atoms with Gasteiger partial charge in [0.05, 0.1) is 11.0 Å². The summed E-state index contributed by atoms with van der Waals surface area (Å²) < 4.78 is 27.1. The molecule has 1 aliphatic rings. The predicted octanol–water partition coefficient (Wildman–Crippen LogP) is 2.34. The summed E-state index contributed by atoms with van der Waals surface area (Å²) in [5, 5.41) is 13.5. The Bertz CT molecular complexity index is 445. The van der Waals surface area contributed by atoms with Crippen molar-refractivity contribution < 1.29 is 13.7 Å². The highest BCUT2D eigenvalue weighted by Gasteiger charge is 2.24. The van der Waals surface area contributed by atoms with Crippen LogP contribution in [0.15, 0.2) is 12.1 Å². The van der Waals surface area contributed by atoms with Crippen LogP contribution in [0.1, 0.15) is 24.3 Å². The first-order valence-electron chi connectivity index (χ1n) is 5.43. The van der Waals surface area contributed by atoms with Crippen LogP contribution in [0.5, 0.6) is 0 Å². The maximum absolute atomic E-state index is 13.7. The van der Waals surface area contributed by atoms with E-state index in [1.165, 1.54) is 0 Å². The van der Waals surface area contributed by atoms with E-state index in [2.05, 4.69) is 5.32 Å². The molecule has 1 N–H and O–H groups in total. The number of halogens is 2. The lowest BCUT2D eigenvalue weighted by Gasteiger charge is -2.23. The molecule has 0 aliphatic carbocycles. The zero-order valence-corrected chi connectivity index (χ0v) is 9.08. The predicted molar refractivity (Wildman–Crippen MR) is 57.9 cm³/mol. The van der Waals surface area contributed by atoms with E-state index in [4.69, 9.17) is 0 Å². The van der Waals surface area contributed by atoms with Crippen molar-refractivity contribution in [2.24, 2.45) is 0 Å². The topological polar surface area (TPSA) is 55.2 Å². The van der Waals surface area contributed by atoms with Crippen molar-refractivity contribution in [2.75, 3.05) is 13.1 Å². The third kappa shape index (κ3) is 2.41. The Kier molecular flexibility index (Phi) is 3.33. The molecule has 1 aromatic carbocycles. The number of piperidine rings is 1. The fraction of sp³-hybridized carbons (Fsp3) is 0.455. The van der Waals surface area contributed by atoms with Crippen molar-refractivity contribution in [3.8, 4) is 0 Å². The van der Waals surface area contributed by atoms with Crippen molar-refractivity contribution in [1.29, 1.82) is 0 Å². The Morgan fingerprint density at radius 1 is 1.35 bits per heavy atom. The lowest BCUT2D eigenvalue weighted by Crippen LogP contribution is -2.29. The van der Waals surface area contributed by atoms with Crippen molar-refractivity contribution in [1.82, 2.24) is 5.32 Å². The van der Waals surface area contributed by atoms with E-state index in [9.17, 15) is 18.9 Å². The largest absolute Gasteiger partial charge is 0.316 e. The number of rotatable bonds is 2. The van der Waals surface area contributed by atoms with E-state index >= 15 is 0 Å². The van der Waals surface area contributed by atoms with Gasteiger partial charge in [-0.3, -0.25) is 10.1 Å². The number of nitro groups is 1. The summed E-state index contributed by atoms with van der Waals surface area (Å²) in [5.41, 5.74) is -0.588. The molecule has 92 valence electrons. The molecule has 0 bridgehead atoms. The average Bonchev–Trinajstić information content (AvgIpc) is 2.32. The van der Waals surface area contributed by atoms with Gasteiger partial charge < -0.3 is 5.32 Å². The van der Waals surface area contributed by atoms with Gasteiger partial charge in [-0.15, -0.1) is 0 Å². The second-order valence-corrected chi connectivity index (χ2v) is 4.13. The molecule has 1 unspecified atom stereocenters. The lowest BCUT2D eigenvalue weighted by molar-refractivity contribution is -0.387. The smallest absolute Gasteiger partial charge is 0.307 e. The third-order valence-corrected chi connectivity index (χ3v) is 3.00. The highest BCUT2D eigenvalue weighted by Crippen LogP contribution is 2.29. The molecule has 17 heavy (non-hydrogen) atoms. The van der Waals surface area contributed by atoms with Crippen LogP contribution in [0.4, 0.5) is 14.5 Å². The van der Waals surface area contributed by atoms with Crippen LogP contribution < -0.4 is 5.32 Å². The zero-order valence-electron chi connectivity index (χ0n) is 9.08. The maximum Gasteiger partial charge on any atom is 0.307 e. The Balaban J connectivity index is 2.35. The fourth-order valence-corrected chi connectivity index (χ4v) is 2.12. The number of hydrogen-bond donors (Lipinski definition) is 1. The minimum Gasteiger partial charge on any atom is -0.316 e. The van der Waals surface area contributed by atoms with Gasteiger partial charge in [0.1, 0.15) is 5.82 Å². The highest BCUT2D eigenvalue weighted by atomic mass is 19.1. The summed E-state index contributed by atoms with van der Waals surface area (Å²) >= 11 is 0. The van der Waals surface area contributed by atoms with E-state index in [-0.39, 0.29) is 11.5 Å². The number of nitrogens with zero attached hydrogens (tertiary/aromatic N) is 1. The van der Waals surface area contributed by atoms with E-state index < -0.39 is 22.2 Å². The average molecular weight is 242 g/mol. The van der Waals surface area contributed by atoms with Gasteiger partial charge in [0.2, 0.25) is 5.82 Å². The van der Waals surface area contributed by atoms with E-state index in [0.29, 0.717) is 12.6 Å². The lowest BCUT2D eigenvalue weighted by atomic mass is 9.91. The first-order chi connectivity index (χ1) is 8.09. The second-order valence-electron chi connectivity index (χ2n) is 4.13. The maximum atomic E-state index is 13.7. The third-order valence-electron chi connectivity index (χ3n) is 3.00. The van der Waals surface area contributed by atoms with Crippen molar-refractivity contribution >= 4 is 5.69 Å². The number of nitrogens with one attached hydrogen (secondary N) is 1. The molecule has 0 aromatic heterocycles. The van der Waals surface area contributed by atoms with Crippen LogP contribution >= 0.6 is 0 Å². The van der Waals surface area contributed by atoms with Gasteiger partial charge in [0.15, 0.2) is 0 Å². The molecule has 2 rings (SSSR count). The number of benzene rings is 1. The number of nitro benzene ring substituents is 1. The summed E-state index contributed by atoms with van der Waals surface area (Å²) in [6.07, 6.45) is 1.66. The fourth-order valence-electron chi connectivity index (χ4n) is 2.12. The zero-order chi connectivity index (χ0) is 12.4. The monoisotopic (exact) mass is 242 g/mol. The molecule has 0 radical (unpaired) electrons. The van der Waals surface area contributed by atoms with Crippen LogP contribution in [0.2, 0.25) is 0 Å². The first-order valence-corrected chi connectivity index (χ1v) is 5.43. The molecule has 1 heterocycles. The SMILES string of the molecule is O=[N+]([O-])c1cc(F)c(C2CCCNC2)cc1F. The normalized spacial score (nSPS) is 20.2. The summed E-state index contributed by atoms with van der Waals surface area (Å²) in [6.45, 7) is 1.45. The van der Waals surface area contributed by atoms with Crippen molar-refractivity contribution in [3.63, 3.8) is 0 Å². The van der Waals surface area contributed by atoms with Crippen LogP contribution in [0.25, 0.3) is 0 Å². The highest BCUT2D eigenvalue weighted by molar-refractivity contribution is 5.38.